The number of nitrogens with zero attached hydrogens (tertiary/aromatic N) is 2. The Morgan fingerprint density at radius 3 is 2.29 bits per heavy atom. The summed E-state index contributed by atoms with van der Waals surface area (Å²) in [5, 5.41) is 0. The van der Waals surface area contributed by atoms with Crippen LogP contribution in [0.15, 0.2) is 35.9 Å². The number of rotatable bonds is 2. The van der Waals surface area contributed by atoms with Gasteiger partial charge in [0.2, 0.25) is 11.8 Å². The minimum absolute atomic E-state index is 0.0448. The minimum Gasteiger partial charge on any atom is -0.378 e. The quantitative estimate of drug-likeness (QED) is 0.618. The number of hydrogen-bond acceptors (Lipinski definition) is 4. The molecule has 126 valence electrons. The number of benzene rings is 1. The average Bonchev–Trinajstić information content (AvgIpc) is 2.86. The van der Waals surface area contributed by atoms with Gasteiger partial charge in [0, 0.05) is 18.8 Å². The molecule has 3 aliphatic rings. The molecule has 1 aromatic carbocycles. The van der Waals surface area contributed by atoms with Crippen molar-refractivity contribution in [1.82, 2.24) is 0 Å². The molecular weight excluding hydrogens is 304 g/mol. The summed E-state index contributed by atoms with van der Waals surface area (Å²) in [5.74, 6) is -0.453. The number of amides is 2. The van der Waals surface area contributed by atoms with Crippen LogP contribution in [0.4, 0.5) is 11.4 Å². The molecule has 5 heteroatoms. The maximum Gasteiger partial charge on any atom is 0.238 e. The molecule has 2 aliphatic heterocycles. The Morgan fingerprint density at radius 1 is 0.958 bits per heavy atom. The standard InChI is InChI=1S/C19H22N2O3/c1-13-2-7-16-17(12-13)19(23)21(18(16)22)15-5-3-14(4-6-15)20-8-10-24-11-9-20/h2-6,16-17H,7-12H2,1H3/t16-,17-/m1/s1. The van der Waals surface area contributed by atoms with Crippen molar-refractivity contribution < 1.29 is 14.3 Å². The molecule has 5 nitrogen and oxygen atoms in total. The lowest BCUT2D eigenvalue weighted by Gasteiger charge is -2.29. The fraction of sp³-hybridized carbons (Fsp3) is 0.474. The Kier molecular flexibility index (Phi) is 3.88. The van der Waals surface area contributed by atoms with Gasteiger partial charge < -0.3 is 9.64 Å². The van der Waals surface area contributed by atoms with Crippen molar-refractivity contribution in [2.24, 2.45) is 11.8 Å². The summed E-state index contributed by atoms with van der Waals surface area (Å²) in [4.78, 5) is 29.1. The molecule has 0 spiro atoms. The van der Waals surface area contributed by atoms with Gasteiger partial charge in [0.25, 0.3) is 0 Å². The topological polar surface area (TPSA) is 49.9 Å². The Hall–Kier alpha value is -2.14. The lowest BCUT2D eigenvalue weighted by Crippen LogP contribution is -2.36. The first-order valence-corrected chi connectivity index (χ1v) is 8.61. The molecular formula is C19H22N2O3. The van der Waals surface area contributed by atoms with Crippen molar-refractivity contribution in [1.29, 1.82) is 0 Å². The van der Waals surface area contributed by atoms with Crippen molar-refractivity contribution in [2.45, 2.75) is 19.8 Å². The van der Waals surface area contributed by atoms with Crippen molar-refractivity contribution in [2.75, 3.05) is 36.1 Å². The maximum absolute atomic E-state index is 12.7. The van der Waals surface area contributed by atoms with Gasteiger partial charge in [-0.1, -0.05) is 11.6 Å². The second-order valence-corrected chi connectivity index (χ2v) is 6.83. The monoisotopic (exact) mass is 326 g/mol. The molecule has 24 heavy (non-hydrogen) atoms. The lowest BCUT2D eigenvalue weighted by atomic mass is 9.82. The lowest BCUT2D eigenvalue weighted by molar-refractivity contribution is -0.122. The molecule has 0 saturated carbocycles. The molecule has 2 heterocycles. The molecule has 2 atom stereocenters. The fourth-order valence-corrected chi connectivity index (χ4v) is 3.93. The van der Waals surface area contributed by atoms with Crippen LogP contribution < -0.4 is 9.80 Å². The Labute approximate surface area is 141 Å². The summed E-state index contributed by atoms with van der Waals surface area (Å²) in [6.45, 7) is 5.25. The fourth-order valence-electron chi connectivity index (χ4n) is 3.93. The van der Waals surface area contributed by atoms with E-state index in [0.29, 0.717) is 18.5 Å². The average molecular weight is 326 g/mol. The van der Waals surface area contributed by atoms with E-state index >= 15 is 0 Å². The van der Waals surface area contributed by atoms with Gasteiger partial charge in [0.1, 0.15) is 0 Å². The van der Waals surface area contributed by atoms with Crippen LogP contribution in [-0.4, -0.2) is 38.1 Å². The molecule has 2 fully saturated rings. The number of morpholine rings is 1. The predicted octanol–water partition coefficient (Wildman–Crippen LogP) is 2.37. The third-order valence-corrected chi connectivity index (χ3v) is 5.31. The van der Waals surface area contributed by atoms with Crippen molar-refractivity contribution in [3.8, 4) is 0 Å². The van der Waals surface area contributed by atoms with Crippen LogP contribution in [-0.2, 0) is 14.3 Å². The highest BCUT2D eigenvalue weighted by Gasteiger charge is 2.48. The van der Waals surface area contributed by atoms with Crippen LogP contribution >= 0.6 is 0 Å². The van der Waals surface area contributed by atoms with E-state index < -0.39 is 0 Å². The number of imide groups is 1. The van der Waals surface area contributed by atoms with Gasteiger partial charge in [-0.3, -0.25) is 14.5 Å². The van der Waals surface area contributed by atoms with Crippen molar-refractivity contribution in [3.05, 3.63) is 35.9 Å². The zero-order chi connectivity index (χ0) is 16.7. The second-order valence-electron chi connectivity index (χ2n) is 6.83. The predicted molar refractivity (Wildman–Crippen MR) is 91.9 cm³/mol. The van der Waals surface area contributed by atoms with E-state index in [1.165, 1.54) is 10.5 Å². The second kappa shape index (κ2) is 6.06. The Morgan fingerprint density at radius 2 is 1.58 bits per heavy atom. The van der Waals surface area contributed by atoms with Crippen LogP contribution in [0.25, 0.3) is 0 Å². The van der Waals surface area contributed by atoms with Gasteiger partial charge in [-0.05, 0) is 44.0 Å². The maximum atomic E-state index is 12.7. The number of ether oxygens (including phenoxy) is 1. The Balaban J connectivity index is 1.55. The summed E-state index contributed by atoms with van der Waals surface area (Å²) in [6, 6.07) is 7.76. The first-order valence-electron chi connectivity index (χ1n) is 8.61. The first kappa shape index (κ1) is 15.4. The zero-order valence-electron chi connectivity index (χ0n) is 13.9. The molecule has 2 amide bonds. The van der Waals surface area contributed by atoms with Gasteiger partial charge in [-0.25, -0.2) is 0 Å². The molecule has 1 aromatic rings. The number of allylic oxidation sites excluding steroid dienone is 2. The highest BCUT2D eigenvalue weighted by Crippen LogP contribution is 2.40. The van der Waals surface area contributed by atoms with Crippen molar-refractivity contribution >= 4 is 23.2 Å². The number of carbonyl (C=O) groups excluding carboxylic acids is 2. The smallest absolute Gasteiger partial charge is 0.238 e. The van der Waals surface area contributed by atoms with Crippen molar-refractivity contribution in [3.63, 3.8) is 0 Å². The van der Waals surface area contributed by atoms with Crippen LogP contribution in [0, 0.1) is 11.8 Å². The van der Waals surface area contributed by atoms with Gasteiger partial charge in [-0.2, -0.15) is 0 Å². The summed E-state index contributed by atoms with van der Waals surface area (Å²) in [6.07, 6.45) is 3.48. The summed E-state index contributed by atoms with van der Waals surface area (Å²) >= 11 is 0. The van der Waals surface area contributed by atoms with Gasteiger partial charge in [-0.15, -0.1) is 0 Å². The van der Waals surface area contributed by atoms with Crippen LogP contribution in [0.5, 0.6) is 0 Å². The molecule has 0 N–H and O–H groups in total. The Bertz CT molecular complexity index is 689. The normalized spacial score (nSPS) is 27.3. The summed E-state index contributed by atoms with van der Waals surface area (Å²) in [7, 11) is 0. The zero-order valence-corrected chi connectivity index (χ0v) is 13.9. The molecule has 0 unspecified atom stereocenters. The van der Waals surface area contributed by atoms with E-state index in [1.54, 1.807) is 0 Å². The van der Waals surface area contributed by atoms with Crippen LogP contribution in [0.2, 0.25) is 0 Å². The number of carbonyl (C=O) groups is 2. The third kappa shape index (κ3) is 2.53. The van der Waals surface area contributed by atoms with Gasteiger partial charge in [0.05, 0.1) is 30.7 Å². The van der Waals surface area contributed by atoms with Gasteiger partial charge in [0.15, 0.2) is 0 Å². The number of anilines is 2. The molecule has 4 rings (SSSR count). The number of fused-ring (bicyclic) bond motifs is 1. The summed E-state index contributed by atoms with van der Waals surface area (Å²) in [5.41, 5.74) is 3.01. The molecule has 0 bridgehead atoms. The first-order chi connectivity index (χ1) is 11.6. The van der Waals surface area contributed by atoms with E-state index in [0.717, 1.165) is 32.0 Å². The minimum atomic E-state index is -0.180. The van der Waals surface area contributed by atoms with E-state index in [1.807, 2.05) is 31.2 Å². The molecule has 1 aliphatic carbocycles. The third-order valence-electron chi connectivity index (χ3n) is 5.31. The van der Waals surface area contributed by atoms with E-state index in [2.05, 4.69) is 11.0 Å². The van der Waals surface area contributed by atoms with E-state index in [-0.39, 0.29) is 23.7 Å². The van der Waals surface area contributed by atoms with E-state index in [4.69, 9.17) is 4.74 Å². The highest BCUT2D eigenvalue weighted by atomic mass is 16.5. The SMILES string of the molecule is CC1=CC[C@H]2C(=O)N(c3ccc(N4CCOCC4)cc3)C(=O)[C@@H]2C1. The molecule has 0 radical (unpaired) electrons. The molecule has 2 saturated heterocycles. The number of hydrogen-bond donors (Lipinski definition) is 0. The summed E-state index contributed by atoms with van der Waals surface area (Å²) < 4.78 is 5.37. The molecule has 0 aromatic heterocycles. The van der Waals surface area contributed by atoms with Gasteiger partial charge >= 0.3 is 0 Å². The van der Waals surface area contributed by atoms with E-state index in [9.17, 15) is 9.59 Å². The largest absolute Gasteiger partial charge is 0.378 e. The van der Waals surface area contributed by atoms with Crippen LogP contribution in [0.3, 0.4) is 0 Å². The van der Waals surface area contributed by atoms with Crippen LogP contribution in [0.1, 0.15) is 19.8 Å². The highest BCUT2D eigenvalue weighted by molar-refractivity contribution is 6.22.